The van der Waals surface area contributed by atoms with Crippen LogP contribution in [0.15, 0.2) is 74.3 Å². The first-order valence-corrected chi connectivity index (χ1v) is 11.2. The minimum atomic E-state index is 0.613. The third kappa shape index (κ3) is 4.83. The fourth-order valence-corrected chi connectivity index (χ4v) is 4.28. The van der Waals surface area contributed by atoms with Crippen LogP contribution >= 0.6 is 0 Å². The van der Waals surface area contributed by atoms with Crippen LogP contribution in [0.3, 0.4) is 0 Å². The summed E-state index contributed by atoms with van der Waals surface area (Å²) in [6.07, 6.45) is 21.9. The number of anilines is 1. The molecule has 3 rings (SSSR count). The highest BCUT2D eigenvalue weighted by Crippen LogP contribution is 2.33. The highest BCUT2D eigenvalue weighted by atomic mass is 15.2. The lowest BCUT2D eigenvalue weighted by molar-refractivity contribution is 0.249. The van der Waals surface area contributed by atoms with Crippen LogP contribution in [0.4, 0.5) is 5.82 Å². The second-order valence-corrected chi connectivity index (χ2v) is 8.16. The summed E-state index contributed by atoms with van der Waals surface area (Å²) in [5.74, 6) is 0.983. The van der Waals surface area contributed by atoms with Crippen LogP contribution in [0, 0.1) is 0 Å². The lowest BCUT2D eigenvalue weighted by Gasteiger charge is -2.36. The quantitative estimate of drug-likeness (QED) is 0.516. The molecule has 1 fully saturated rings. The average Bonchev–Trinajstić information content (AvgIpc) is 3.29. The monoisotopic (exact) mass is 429 g/mol. The van der Waals surface area contributed by atoms with E-state index in [9.17, 15) is 0 Å². The molecule has 0 saturated carbocycles. The van der Waals surface area contributed by atoms with Gasteiger partial charge in [0.1, 0.15) is 5.52 Å². The van der Waals surface area contributed by atoms with Crippen molar-refractivity contribution in [2.24, 2.45) is 0 Å². The molecule has 0 aromatic carbocycles. The SMILES string of the molecule is C=C/C=C\C(=C/C=C)c1nc(N2CCC(N(C)C)CC2)c2cncn2c1C(/C=C\C)=C/C. The predicted molar refractivity (Wildman–Crippen MR) is 138 cm³/mol. The number of hydrogen-bond donors (Lipinski definition) is 0. The Hall–Kier alpha value is -3.18. The molecule has 0 spiro atoms. The van der Waals surface area contributed by atoms with E-state index >= 15 is 0 Å². The first kappa shape index (κ1) is 23.5. The number of imidazole rings is 1. The van der Waals surface area contributed by atoms with Crippen LogP contribution in [0.2, 0.25) is 0 Å². The topological polar surface area (TPSA) is 36.7 Å². The van der Waals surface area contributed by atoms with Gasteiger partial charge in [0.05, 0.1) is 23.9 Å². The van der Waals surface area contributed by atoms with Gasteiger partial charge in [0.2, 0.25) is 0 Å². The normalized spacial score (nSPS) is 16.7. The minimum Gasteiger partial charge on any atom is -0.355 e. The number of allylic oxidation sites excluding steroid dienone is 10. The molecule has 0 amide bonds. The van der Waals surface area contributed by atoms with Gasteiger partial charge in [-0.25, -0.2) is 9.97 Å². The van der Waals surface area contributed by atoms with E-state index in [1.54, 1.807) is 12.2 Å². The van der Waals surface area contributed by atoms with Crippen LogP contribution in [0.25, 0.3) is 16.7 Å². The van der Waals surface area contributed by atoms with Crippen molar-refractivity contribution < 1.29 is 0 Å². The first-order valence-electron chi connectivity index (χ1n) is 11.2. The Kier molecular flexibility index (Phi) is 8.01. The molecule has 0 atom stereocenters. The van der Waals surface area contributed by atoms with E-state index in [2.05, 4.69) is 71.6 Å². The van der Waals surface area contributed by atoms with Gasteiger partial charge in [-0.1, -0.05) is 61.8 Å². The zero-order valence-corrected chi connectivity index (χ0v) is 19.8. The molecule has 0 aliphatic carbocycles. The highest BCUT2D eigenvalue weighted by Gasteiger charge is 2.25. The van der Waals surface area contributed by atoms with Crippen LogP contribution in [-0.4, -0.2) is 52.5 Å². The van der Waals surface area contributed by atoms with Crippen molar-refractivity contribution in [2.45, 2.75) is 32.7 Å². The van der Waals surface area contributed by atoms with Gasteiger partial charge in [0.25, 0.3) is 0 Å². The Morgan fingerprint density at radius 1 is 1.09 bits per heavy atom. The van der Waals surface area contributed by atoms with E-state index in [4.69, 9.17) is 4.98 Å². The fourth-order valence-electron chi connectivity index (χ4n) is 4.28. The summed E-state index contributed by atoms with van der Waals surface area (Å²) in [5, 5.41) is 0. The van der Waals surface area contributed by atoms with E-state index in [0.717, 1.165) is 59.8 Å². The van der Waals surface area contributed by atoms with Crippen molar-refractivity contribution in [1.82, 2.24) is 19.3 Å². The number of nitrogens with zero attached hydrogens (tertiary/aromatic N) is 5. The molecule has 32 heavy (non-hydrogen) atoms. The minimum absolute atomic E-state index is 0.613. The van der Waals surface area contributed by atoms with Crippen molar-refractivity contribution in [3.63, 3.8) is 0 Å². The van der Waals surface area contributed by atoms with E-state index in [0.29, 0.717) is 6.04 Å². The molecule has 2 aromatic rings. The summed E-state index contributed by atoms with van der Waals surface area (Å²) in [5.41, 5.74) is 5.04. The highest BCUT2D eigenvalue weighted by molar-refractivity contribution is 5.87. The van der Waals surface area contributed by atoms with Crippen LogP contribution in [0.5, 0.6) is 0 Å². The molecular weight excluding hydrogens is 394 g/mol. The molecule has 168 valence electrons. The van der Waals surface area contributed by atoms with Gasteiger partial charge in [-0.15, -0.1) is 0 Å². The molecular formula is C27H35N5. The lowest BCUT2D eigenvalue weighted by Crippen LogP contribution is -2.42. The van der Waals surface area contributed by atoms with Gasteiger partial charge in [0.15, 0.2) is 5.82 Å². The van der Waals surface area contributed by atoms with Crippen molar-refractivity contribution >= 4 is 22.5 Å². The zero-order chi connectivity index (χ0) is 23.1. The van der Waals surface area contributed by atoms with Gasteiger partial charge >= 0.3 is 0 Å². The second-order valence-electron chi connectivity index (χ2n) is 8.16. The maximum atomic E-state index is 5.26. The van der Waals surface area contributed by atoms with Gasteiger partial charge in [-0.3, -0.25) is 4.40 Å². The number of fused-ring (bicyclic) bond motifs is 1. The number of aromatic nitrogens is 3. The predicted octanol–water partition coefficient (Wildman–Crippen LogP) is 5.55. The Morgan fingerprint density at radius 3 is 2.44 bits per heavy atom. The molecule has 0 radical (unpaired) electrons. The molecule has 1 saturated heterocycles. The molecule has 5 heteroatoms. The Balaban J connectivity index is 2.24. The van der Waals surface area contributed by atoms with Crippen molar-refractivity contribution in [1.29, 1.82) is 0 Å². The van der Waals surface area contributed by atoms with E-state index in [1.165, 1.54) is 0 Å². The largest absolute Gasteiger partial charge is 0.355 e. The van der Waals surface area contributed by atoms with E-state index in [-0.39, 0.29) is 0 Å². The summed E-state index contributed by atoms with van der Waals surface area (Å²) in [6, 6.07) is 0.613. The van der Waals surface area contributed by atoms with Gasteiger partial charge in [-0.05, 0) is 46.4 Å². The van der Waals surface area contributed by atoms with Crippen molar-refractivity contribution in [2.75, 3.05) is 32.1 Å². The number of hydrogen-bond acceptors (Lipinski definition) is 4. The Labute approximate surface area is 192 Å². The molecule has 5 nitrogen and oxygen atoms in total. The van der Waals surface area contributed by atoms with Gasteiger partial charge in [-0.2, -0.15) is 0 Å². The Morgan fingerprint density at radius 2 is 1.84 bits per heavy atom. The molecule has 1 aliphatic heterocycles. The average molecular weight is 430 g/mol. The summed E-state index contributed by atoms with van der Waals surface area (Å²) in [6.45, 7) is 13.8. The van der Waals surface area contributed by atoms with E-state index < -0.39 is 0 Å². The Bertz CT molecular complexity index is 1070. The maximum absolute atomic E-state index is 5.26. The van der Waals surface area contributed by atoms with Crippen molar-refractivity contribution in [3.05, 3.63) is 85.7 Å². The third-order valence-electron chi connectivity index (χ3n) is 5.96. The standard InChI is InChI=1S/C27H35N5/c1-7-11-14-22(13-9-3)25-26(21(10-4)12-8-2)32-20-28-19-24(32)27(29-25)31-17-15-23(16-18-31)30(5)6/h7-14,19-20,23H,1,3,15-18H2,2,4-6H3/b12-8-,14-11-,21-10+,22-13+. The van der Waals surface area contributed by atoms with Gasteiger partial charge < -0.3 is 9.80 Å². The molecule has 0 bridgehead atoms. The summed E-state index contributed by atoms with van der Waals surface area (Å²) < 4.78 is 2.17. The maximum Gasteiger partial charge on any atom is 0.155 e. The van der Waals surface area contributed by atoms with Crippen LogP contribution in [0.1, 0.15) is 38.1 Å². The van der Waals surface area contributed by atoms with Gasteiger partial charge in [0, 0.05) is 24.7 Å². The summed E-state index contributed by atoms with van der Waals surface area (Å²) in [7, 11) is 4.33. The summed E-state index contributed by atoms with van der Waals surface area (Å²) >= 11 is 0. The molecule has 0 unspecified atom stereocenters. The van der Waals surface area contributed by atoms with Crippen LogP contribution < -0.4 is 4.90 Å². The van der Waals surface area contributed by atoms with Crippen molar-refractivity contribution in [3.8, 4) is 0 Å². The number of piperidine rings is 1. The van der Waals surface area contributed by atoms with Crippen LogP contribution in [-0.2, 0) is 0 Å². The smallest absolute Gasteiger partial charge is 0.155 e. The molecule has 0 N–H and O–H groups in total. The zero-order valence-electron chi connectivity index (χ0n) is 19.8. The second kappa shape index (κ2) is 10.9. The van der Waals surface area contributed by atoms with E-state index in [1.807, 2.05) is 37.7 Å². The first-order chi connectivity index (χ1) is 15.5. The summed E-state index contributed by atoms with van der Waals surface area (Å²) in [4.78, 5) is 14.5. The molecule has 1 aliphatic rings. The molecule has 2 aromatic heterocycles. The fraction of sp³-hybridized carbons (Fsp3) is 0.333. The third-order valence-corrected chi connectivity index (χ3v) is 5.96. The lowest BCUT2D eigenvalue weighted by atomic mass is 10.0. The number of rotatable bonds is 8. The molecule has 3 heterocycles.